The number of ether oxygens (including phenoxy) is 1. The van der Waals surface area contributed by atoms with E-state index in [2.05, 4.69) is 25.7 Å². The Hall–Kier alpha value is -4.23. The van der Waals surface area contributed by atoms with Crippen LogP contribution in [0.2, 0.25) is 0 Å². The van der Waals surface area contributed by atoms with E-state index in [9.17, 15) is 14.0 Å². The molecule has 0 saturated carbocycles. The number of carbonyl (C=O) groups is 1. The molecule has 0 spiro atoms. The molecule has 0 bridgehead atoms. The number of aryl methyl sites for hydroxylation is 1. The molecule has 0 aliphatic carbocycles. The van der Waals surface area contributed by atoms with E-state index < -0.39 is 5.69 Å². The van der Waals surface area contributed by atoms with Crippen LogP contribution < -0.4 is 25.5 Å². The van der Waals surface area contributed by atoms with Gasteiger partial charge in [0.15, 0.2) is 5.75 Å². The number of para-hydroxylation sites is 2. The fraction of sp³-hybridized carbons (Fsp3) is 0.281. The van der Waals surface area contributed by atoms with Crippen LogP contribution in [0.5, 0.6) is 5.75 Å². The molecule has 4 aromatic rings. The molecule has 8 nitrogen and oxygen atoms in total. The average Bonchev–Trinajstić information content (AvgIpc) is 2.98. The second kappa shape index (κ2) is 10.6. The summed E-state index contributed by atoms with van der Waals surface area (Å²) in [4.78, 5) is 37.0. The summed E-state index contributed by atoms with van der Waals surface area (Å²) < 4.78 is 23.0. The number of anilines is 2. The quantitative estimate of drug-likeness (QED) is 0.265. The standard InChI is InChI=1S/C32H33FN5O3P/c1-6-25(39)36-13-14-37(19(3)16-36)31-21-15-18(2)26-27-20(11-12-22(33)30(27)42)17-41-29(26)28(21)38(32(40)34-31)24-10-8-7-9-23(24)35(4)5/h6-12,15,19H,1,13-14,16-17,42H2,2-5H3/t19-/m0/s1. The van der Waals surface area contributed by atoms with Crippen molar-refractivity contribution in [3.63, 3.8) is 0 Å². The van der Waals surface area contributed by atoms with Gasteiger partial charge in [-0.15, -0.1) is 9.24 Å². The van der Waals surface area contributed by atoms with E-state index in [1.165, 1.54) is 12.1 Å². The zero-order valence-electron chi connectivity index (χ0n) is 24.1. The number of halogens is 1. The van der Waals surface area contributed by atoms with Gasteiger partial charge in [-0.25, -0.2) is 9.18 Å². The van der Waals surface area contributed by atoms with Gasteiger partial charge < -0.3 is 19.4 Å². The van der Waals surface area contributed by atoms with Crippen LogP contribution in [0.4, 0.5) is 15.9 Å². The normalized spacial score (nSPS) is 16.1. The highest BCUT2D eigenvalue weighted by Gasteiger charge is 2.33. The van der Waals surface area contributed by atoms with Crippen molar-refractivity contribution in [2.45, 2.75) is 26.5 Å². The van der Waals surface area contributed by atoms with Crippen molar-refractivity contribution in [3.05, 3.63) is 82.5 Å². The summed E-state index contributed by atoms with van der Waals surface area (Å²) in [5, 5.41) is 1.22. The second-order valence-corrected chi connectivity index (χ2v) is 11.6. The summed E-state index contributed by atoms with van der Waals surface area (Å²) in [7, 11) is 6.39. The highest BCUT2D eigenvalue weighted by Crippen LogP contribution is 2.47. The van der Waals surface area contributed by atoms with Crippen LogP contribution in [0.1, 0.15) is 18.1 Å². The van der Waals surface area contributed by atoms with Gasteiger partial charge in [0, 0.05) is 61.6 Å². The van der Waals surface area contributed by atoms with Gasteiger partial charge in [-0.3, -0.25) is 9.36 Å². The molecule has 1 fully saturated rings. The first-order chi connectivity index (χ1) is 20.1. The Labute approximate surface area is 246 Å². The predicted molar refractivity (Wildman–Crippen MR) is 169 cm³/mol. The van der Waals surface area contributed by atoms with Gasteiger partial charge in [0.05, 0.1) is 11.4 Å². The van der Waals surface area contributed by atoms with Crippen LogP contribution in [0, 0.1) is 12.7 Å². The van der Waals surface area contributed by atoms with E-state index in [4.69, 9.17) is 4.74 Å². The van der Waals surface area contributed by atoms with Gasteiger partial charge in [0.25, 0.3) is 0 Å². The molecular weight excluding hydrogens is 552 g/mol. The minimum atomic E-state index is -0.450. The van der Waals surface area contributed by atoms with Crippen LogP contribution in [0.3, 0.4) is 0 Å². The summed E-state index contributed by atoms with van der Waals surface area (Å²) in [5.41, 5.74) is 4.92. The minimum Gasteiger partial charge on any atom is -0.486 e. The highest BCUT2D eigenvalue weighted by atomic mass is 31.0. The van der Waals surface area contributed by atoms with Gasteiger partial charge in [-0.2, -0.15) is 4.98 Å². The van der Waals surface area contributed by atoms with Crippen molar-refractivity contribution in [2.24, 2.45) is 0 Å². The van der Waals surface area contributed by atoms with Crippen molar-refractivity contribution in [3.8, 4) is 22.6 Å². The van der Waals surface area contributed by atoms with Crippen LogP contribution in [0.15, 0.2) is 59.9 Å². The molecule has 2 atom stereocenters. The van der Waals surface area contributed by atoms with Crippen molar-refractivity contribution < 1.29 is 13.9 Å². The summed E-state index contributed by atoms with van der Waals surface area (Å²) >= 11 is 0. The number of piperazine rings is 1. The number of fused-ring (bicyclic) bond motifs is 5. The molecular formula is C32H33FN5O3P. The third-order valence-corrected chi connectivity index (χ3v) is 8.77. The average molecular weight is 586 g/mol. The minimum absolute atomic E-state index is 0.103. The van der Waals surface area contributed by atoms with Crippen molar-refractivity contribution in [1.82, 2.24) is 14.5 Å². The zero-order chi connectivity index (χ0) is 29.9. The van der Waals surface area contributed by atoms with Crippen LogP contribution in [0.25, 0.3) is 27.7 Å². The smallest absolute Gasteiger partial charge is 0.354 e. The topological polar surface area (TPSA) is 70.9 Å². The molecule has 42 heavy (non-hydrogen) atoms. The maximum absolute atomic E-state index is 14.9. The molecule has 0 radical (unpaired) electrons. The molecule has 0 N–H and O–H groups in total. The molecule has 1 amide bonds. The lowest BCUT2D eigenvalue weighted by Crippen LogP contribution is -2.54. The van der Waals surface area contributed by atoms with Gasteiger partial charge in [-0.05, 0) is 55.3 Å². The van der Waals surface area contributed by atoms with Gasteiger partial charge in [-0.1, -0.05) is 24.8 Å². The molecule has 10 heteroatoms. The Morgan fingerprint density at radius 1 is 1.19 bits per heavy atom. The molecule has 1 aromatic heterocycles. The van der Waals surface area contributed by atoms with E-state index in [1.54, 1.807) is 15.5 Å². The Morgan fingerprint density at radius 2 is 1.95 bits per heavy atom. The Balaban J connectivity index is 1.69. The third kappa shape index (κ3) is 4.34. The Kier molecular flexibility index (Phi) is 7.01. The number of aromatic nitrogens is 2. The largest absolute Gasteiger partial charge is 0.486 e. The van der Waals surface area contributed by atoms with E-state index in [0.717, 1.165) is 33.3 Å². The number of nitrogens with zero attached hydrogens (tertiary/aromatic N) is 5. The number of rotatable bonds is 4. The predicted octanol–water partition coefficient (Wildman–Crippen LogP) is 4.18. The zero-order valence-corrected chi connectivity index (χ0v) is 25.3. The molecule has 216 valence electrons. The van der Waals surface area contributed by atoms with Gasteiger partial charge in [0.2, 0.25) is 5.91 Å². The monoisotopic (exact) mass is 585 g/mol. The lowest BCUT2D eigenvalue weighted by molar-refractivity contribution is -0.126. The summed E-state index contributed by atoms with van der Waals surface area (Å²) in [6.07, 6.45) is 1.33. The first-order valence-electron chi connectivity index (χ1n) is 13.9. The second-order valence-electron chi connectivity index (χ2n) is 11.0. The summed E-state index contributed by atoms with van der Waals surface area (Å²) in [6, 6.07) is 12.8. The van der Waals surface area contributed by atoms with Crippen LogP contribution in [-0.2, 0) is 11.4 Å². The highest BCUT2D eigenvalue weighted by molar-refractivity contribution is 7.28. The number of benzene rings is 3. The van der Waals surface area contributed by atoms with Crippen molar-refractivity contribution in [1.29, 1.82) is 0 Å². The molecule has 3 heterocycles. The van der Waals surface area contributed by atoms with Crippen LogP contribution in [-0.4, -0.2) is 60.1 Å². The Bertz CT molecular complexity index is 1840. The number of amides is 1. The number of hydrogen-bond acceptors (Lipinski definition) is 6. The fourth-order valence-corrected chi connectivity index (χ4v) is 6.62. The van der Waals surface area contributed by atoms with Gasteiger partial charge >= 0.3 is 5.69 Å². The first kappa shape index (κ1) is 27.9. The van der Waals surface area contributed by atoms with E-state index in [0.29, 0.717) is 47.7 Å². The molecule has 3 aromatic carbocycles. The van der Waals surface area contributed by atoms with E-state index in [1.807, 2.05) is 63.2 Å². The molecule has 2 aliphatic heterocycles. The van der Waals surface area contributed by atoms with Gasteiger partial charge in [0.1, 0.15) is 23.8 Å². The van der Waals surface area contributed by atoms with E-state index >= 15 is 0 Å². The van der Waals surface area contributed by atoms with E-state index in [-0.39, 0.29) is 24.4 Å². The maximum Gasteiger partial charge on any atom is 0.354 e. The Morgan fingerprint density at radius 3 is 2.67 bits per heavy atom. The molecule has 6 rings (SSSR count). The lowest BCUT2D eigenvalue weighted by atomic mass is 9.91. The van der Waals surface area contributed by atoms with Crippen molar-refractivity contribution in [2.75, 3.05) is 43.5 Å². The van der Waals surface area contributed by atoms with Crippen molar-refractivity contribution >= 4 is 42.9 Å². The third-order valence-electron chi connectivity index (χ3n) is 8.20. The van der Waals surface area contributed by atoms with Crippen LogP contribution >= 0.6 is 9.24 Å². The fourth-order valence-electron chi connectivity index (χ4n) is 6.20. The number of carbonyl (C=O) groups excluding carboxylic acids is 1. The molecule has 1 saturated heterocycles. The number of hydrogen-bond donors (Lipinski definition) is 0. The summed E-state index contributed by atoms with van der Waals surface area (Å²) in [5.74, 6) is 0.622. The maximum atomic E-state index is 14.9. The molecule has 2 aliphatic rings. The summed E-state index contributed by atoms with van der Waals surface area (Å²) in [6.45, 7) is 9.31. The molecule has 1 unspecified atom stereocenters. The lowest BCUT2D eigenvalue weighted by Gasteiger charge is -2.40. The first-order valence-corrected chi connectivity index (χ1v) is 14.4. The SMILES string of the molecule is C=CC(=O)N1CCN(c2nc(=O)n(-c3ccccc3N(C)C)c3c4c(c(C)cc23)-c2c(ccc(F)c2P)CO4)[C@@H](C)C1.